The average molecular weight is 267 g/mol. The fraction of sp³-hybridized carbons (Fsp3) is 0.188. The molecule has 0 aliphatic carbocycles. The molecule has 0 unspecified atom stereocenters. The predicted molar refractivity (Wildman–Crippen MR) is 81.2 cm³/mol. The molecular weight excluding hydrogens is 250 g/mol. The van der Waals surface area contributed by atoms with Crippen molar-refractivity contribution in [2.45, 2.75) is 19.4 Å². The van der Waals surface area contributed by atoms with Crippen molar-refractivity contribution in [3.63, 3.8) is 0 Å². The lowest BCUT2D eigenvalue weighted by molar-refractivity contribution is -0.119. The van der Waals surface area contributed by atoms with Crippen LogP contribution >= 0.6 is 0 Å². The van der Waals surface area contributed by atoms with Crippen LogP contribution in [0.15, 0.2) is 42.5 Å². The van der Waals surface area contributed by atoms with E-state index in [1.807, 2.05) is 47.4 Å². The Labute approximate surface area is 118 Å². The molecule has 1 heterocycles. The van der Waals surface area contributed by atoms with Gasteiger partial charge in [-0.15, -0.1) is 0 Å². The van der Waals surface area contributed by atoms with Crippen molar-refractivity contribution in [1.82, 2.24) is 0 Å². The molecule has 1 amide bonds. The number of carbonyl (C=O) groups is 1. The molecule has 1 aliphatic rings. The van der Waals surface area contributed by atoms with Crippen molar-refractivity contribution >= 4 is 23.0 Å². The summed E-state index contributed by atoms with van der Waals surface area (Å²) in [4.78, 5) is 14.0. The van der Waals surface area contributed by atoms with Crippen LogP contribution in [0.1, 0.15) is 17.5 Å². The van der Waals surface area contributed by atoms with Crippen LogP contribution in [0.25, 0.3) is 0 Å². The number of aryl methyl sites for hydroxylation is 1. The number of nitrogens with zero attached hydrogens (tertiary/aromatic N) is 1. The molecule has 0 atom stereocenters. The largest absolute Gasteiger partial charge is 0.399 e. The number of benzene rings is 2. The van der Waals surface area contributed by atoms with Gasteiger partial charge in [0.05, 0.1) is 6.54 Å². The van der Waals surface area contributed by atoms with Gasteiger partial charge in [0.25, 0.3) is 0 Å². The van der Waals surface area contributed by atoms with E-state index in [4.69, 9.17) is 11.5 Å². The van der Waals surface area contributed by atoms with E-state index < -0.39 is 0 Å². The number of hydrogen-bond donors (Lipinski definition) is 2. The van der Waals surface area contributed by atoms with Crippen LogP contribution < -0.4 is 16.4 Å². The SMILES string of the molecule is Nc1cccc(CN2C(=O)CCc3cc(N)ccc32)c1. The molecule has 2 aromatic carbocycles. The van der Waals surface area contributed by atoms with E-state index in [0.29, 0.717) is 18.7 Å². The maximum Gasteiger partial charge on any atom is 0.227 e. The molecule has 4 heteroatoms. The third-order valence-corrected chi connectivity index (χ3v) is 3.60. The maximum atomic E-state index is 12.2. The molecule has 3 rings (SSSR count). The molecule has 0 saturated heterocycles. The fourth-order valence-electron chi connectivity index (χ4n) is 2.63. The van der Waals surface area contributed by atoms with Crippen LogP contribution in [-0.2, 0) is 17.8 Å². The van der Waals surface area contributed by atoms with Gasteiger partial charge in [-0.25, -0.2) is 0 Å². The van der Waals surface area contributed by atoms with E-state index in [2.05, 4.69) is 0 Å². The van der Waals surface area contributed by atoms with Gasteiger partial charge in [0.15, 0.2) is 0 Å². The summed E-state index contributed by atoms with van der Waals surface area (Å²) in [5.41, 5.74) is 16.2. The monoisotopic (exact) mass is 267 g/mol. The number of nitrogens with two attached hydrogens (primary N) is 2. The van der Waals surface area contributed by atoms with Crippen LogP contribution in [0, 0.1) is 0 Å². The highest BCUT2D eigenvalue weighted by Gasteiger charge is 2.24. The zero-order valence-electron chi connectivity index (χ0n) is 11.2. The highest BCUT2D eigenvalue weighted by molar-refractivity contribution is 5.96. The van der Waals surface area contributed by atoms with Gasteiger partial charge in [-0.05, 0) is 47.9 Å². The summed E-state index contributed by atoms with van der Waals surface area (Å²) in [5.74, 6) is 0.143. The Morgan fingerprint density at radius 3 is 2.60 bits per heavy atom. The van der Waals surface area contributed by atoms with Gasteiger partial charge in [0.1, 0.15) is 0 Å². The first-order valence-corrected chi connectivity index (χ1v) is 6.66. The quantitative estimate of drug-likeness (QED) is 0.820. The van der Waals surface area contributed by atoms with E-state index in [-0.39, 0.29) is 5.91 Å². The number of carbonyl (C=O) groups excluding carboxylic acids is 1. The Balaban J connectivity index is 1.95. The Kier molecular flexibility index (Phi) is 3.06. The summed E-state index contributed by atoms with van der Waals surface area (Å²) in [6.45, 7) is 0.542. The molecule has 0 radical (unpaired) electrons. The third-order valence-electron chi connectivity index (χ3n) is 3.60. The van der Waals surface area contributed by atoms with Gasteiger partial charge >= 0.3 is 0 Å². The Morgan fingerprint density at radius 2 is 1.80 bits per heavy atom. The van der Waals surface area contributed by atoms with E-state index in [0.717, 1.165) is 28.9 Å². The summed E-state index contributed by atoms with van der Waals surface area (Å²) in [7, 11) is 0. The predicted octanol–water partition coefficient (Wildman–Crippen LogP) is 2.33. The first-order valence-electron chi connectivity index (χ1n) is 6.66. The number of amides is 1. The highest BCUT2D eigenvalue weighted by Crippen LogP contribution is 2.30. The number of fused-ring (bicyclic) bond motifs is 1. The Hall–Kier alpha value is -2.49. The van der Waals surface area contributed by atoms with Crippen molar-refractivity contribution in [3.8, 4) is 0 Å². The molecule has 102 valence electrons. The van der Waals surface area contributed by atoms with Crippen molar-refractivity contribution in [2.24, 2.45) is 0 Å². The van der Waals surface area contributed by atoms with Crippen molar-refractivity contribution in [2.75, 3.05) is 16.4 Å². The molecule has 4 nitrogen and oxygen atoms in total. The van der Waals surface area contributed by atoms with Crippen LogP contribution in [0.5, 0.6) is 0 Å². The van der Waals surface area contributed by atoms with Gasteiger partial charge < -0.3 is 16.4 Å². The second-order valence-electron chi connectivity index (χ2n) is 5.11. The lowest BCUT2D eigenvalue weighted by Gasteiger charge is -2.29. The van der Waals surface area contributed by atoms with Gasteiger partial charge in [-0.1, -0.05) is 12.1 Å². The van der Waals surface area contributed by atoms with Crippen molar-refractivity contribution in [3.05, 3.63) is 53.6 Å². The highest BCUT2D eigenvalue weighted by atomic mass is 16.2. The van der Waals surface area contributed by atoms with Crippen molar-refractivity contribution < 1.29 is 4.79 Å². The second-order valence-corrected chi connectivity index (χ2v) is 5.11. The summed E-state index contributed by atoms with van der Waals surface area (Å²) >= 11 is 0. The molecule has 4 N–H and O–H groups in total. The van der Waals surface area contributed by atoms with Crippen LogP contribution in [-0.4, -0.2) is 5.91 Å². The van der Waals surface area contributed by atoms with Gasteiger partial charge in [-0.2, -0.15) is 0 Å². The smallest absolute Gasteiger partial charge is 0.227 e. The maximum absolute atomic E-state index is 12.2. The number of anilines is 3. The van der Waals surface area contributed by atoms with Crippen LogP contribution in [0.3, 0.4) is 0 Å². The number of nitrogen functional groups attached to an aromatic ring is 2. The summed E-state index contributed by atoms with van der Waals surface area (Å²) < 4.78 is 0. The first-order chi connectivity index (χ1) is 9.63. The van der Waals surface area contributed by atoms with Crippen molar-refractivity contribution in [1.29, 1.82) is 0 Å². The van der Waals surface area contributed by atoms with Gasteiger partial charge in [0, 0.05) is 23.5 Å². The summed E-state index contributed by atoms with van der Waals surface area (Å²) in [6, 6.07) is 13.3. The fourth-order valence-corrected chi connectivity index (χ4v) is 2.63. The minimum Gasteiger partial charge on any atom is -0.399 e. The van der Waals surface area contributed by atoms with E-state index in [9.17, 15) is 4.79 Å². The molecule has 1 aliphatic heterocycles. The lowest BCUT2D eigenvalue weighted by atomic mass is 9.99. The van der Waals surface area contributed by atoms with Gasteiger partial charge in [0.2, 0.25) is 5.91 Å². The molecule has 0 fully saturated rings. The first kappa shape index (κ1) is 12.5. The van der Waals surface area contributed by atoms with Crippen LogP contribution in [0.2, 0.25) is 0 Å². The average Bonchev–Trinajstić information content (AvgIpc) is 2.42. The molecule has 0 spiro atoms. The molecule has 20 heavy (non-hydrogen) atoms. The molecule has 0 saturated carbocycles. The van der Waals surface area contributed by atoms with Gasteiger partial charge in [-0.3, -0.25) is 4.79 Å². The van der Waals surface area contributed by atoms with E-state index in [1.165, 1.54) is 0 Å². The summed E-state index contributed by atoms with van der Waals surface area (Å²) in [6.07, 6.45) is 1.28. The zero-order valence-corrected chi connectivity index (χ0v) is 11.2. The third kappa shape index (κ3) is 2.32. The number of rotatable bonds is 2. The van der Waals surface area contributed by atoms with E-state index >= 15 is 0 Å². The molecular formula is C16H17N3O. The minimum atomic E-state index is 0.143. The van der Waals surface area contributed by atoms with Crippen LogP contribution in [0.4, 0.5) is 17.1 Å². The van der Waals surface area contributed by atoms with E-state index in [1.54, 1.807) is 0 Å². The summed E-state index contributed by atoms with van der Waals surface area (Å²) in [5, 5.41) is 0. The standard InChI is InChI=1S/C16H17N3O/c17-13-3-1-2-11(8-13)10-19-15-6-5-14(18)9-12(15)4-7-16(19)20/h1-3,5-6,8-9H,4,7,10,17-18H2. The topological polar surface area (TPSA) is 72.3 Å². The Bertz CT molecular complexity index is 667. The zero-order chi connectivity index (χ0) is 14.1. The normalized spacial score (nSPS) is 14.2. The molecule has 0 aromatic heterocycles. The number of hydrogen-bond acceptors (Lipinski definition) is 3. The minimum absolute atomic E-state index is 0.143. The molecule has 0 bridgehead atoms. The molecule has 2 aromatic rings. The second kappa shape index (κ2) is 4.89. The lowest BCUT2D eigenvalue weighted by Crippen LogP contribution is -2.34. The Morgan fingerprint density at radius 1 is 1.00 bits per heavy atom.